The van der Waals surface area contributed by atoms with Crippen molar-refractivity contribution < 1.29 is 0 Å². The molecule has 2 nitrogen and oxygen atoms in total. The lowest BCUT2D eigenvalue weighted by molar-refractivity contribution is 0.160. The molecule has 0 amide bonds. The topological polar surface area (TPSA) is 6.48 Å². The number of piperazine rings is 1. The second-order valence-corrected chi connectivity index (χ2v) is 6.08. The van der Waals surface area contributed by atoms with Crippen LogP contribution < -0.4 is 0 Å². The van der Waals surface area contributed by atoms with Crippen molar-refractivity contribution in [2.75, 3.05) is 32.7 Å². The Morgan fingerprint density at radius 3 is 2.21 bits per heavy atom. The highest BCUT2D eigenvalue weighted by molar-refractivity contribution is 14.1. The van der Waals surface area contributed by atoms with E-state index in [9.17, 15) is 0 Å². The van der Waals surface area contributed by atoms with Crippen molar-refractivity contribution in [2.45, 2.75) is 32.1 Å². The number of nitrogens with zero attached hydrogens (tertiary/aromatic N) is 2. The second-order valence-electron chi connectivity index (χ2n) is 4.71. The van der Waals surface area contributed by atoms with Crippen LogP contribution in [0.1, 0.15) is 32.1 Å². The zero-order valence-corrected chi connectivity index (χ0v) is 11.1. The standard InChI is InChI=1S/C11H21IN2/c12-14-8-6-13(7-9-14)10-11-4-2-1-3-5-11/h11H,1-10H2. The van der Waals surface area contributed by atoms with Gasteiger partial charge >= 0.3 is 0 Å². The van der Waals surface area contributed by atoms with Crippen LogP contribution in [0.3, 0.4) is 0 Å². The first kappa shape index (κ1) is 11.1. The zero-order chi connectivity index (χ0) is 9.80. The first-order valence-corrected chi connectivity index (χ1v) is 6.94. The van der Waals surface area contributed by atoms with Gasteiger partial charge in [-0.05, 0) is 18.8 Å². The molecule has 0 N–H and O–H groups in total. The van der Waals surface area contributed by atoms with Crippen molar-refractivity contribution in [3.63, 3.8) is 0 Å². The summed E-state index contributed by atoms with van der Waals surface area (Å²) in [6.45, 7) is 6.48. The number of rotatable bonds is 2. The Morgan fingerprint density at radius 2 is 1.57 bits per heavy atom. The van der Waals surface area contributed by atoms with Gasteiger partial charge < -0.3 is 4.90 Å². The highest BCUT2D eigenvalue weighted by atomic mass is 127. The molecule has 0 radical (unpaired) electrons. The Labute approximate surface area is 102 Å². The molecule has 1 saturated heterocycles. The fourth-order valence-corrected chi connectivity index (χ4v) is 3.07. The molecule has 1 aliphatic carbocycles. The fraction of sp³-hybridized carbons (Fsp3) is 1.00. The lowest BCUT2D eigenvalue weighted by Gasteiger charge is -2.34. The van der Waals surface area contributed by atoms with Crippen LogP contribution in [-0.4, -0.2) is 40.7 Å². The molecule has 0 aromatic rings. The minimum absolute atomic E-state index is 1.02. The van der Waals surface area contributed by atoms with E-state index in [2.05, 4.69) is 30.9 Å². The normalized spacial score (nSPS) is 28.1. The highest BCUT2D eigenvalue weighted by Gasteiger charge is 2.20. The minimum Gasteiger partial charge on any atom is -0.300 e. The van der Waals surface area contributed by atoms with Crippen LogP contribution in [0.5, 0.6) is 0 Å². The van der Waals surface area contributed by atoms with Gasteiger partial charge in [0.1, 0.15) is 0 Å². The molecule has 1 heterocycles. The molecule has 0 bridgehead atoms. The molecule has 82 valence electrons. The monoisotopic (exact) mass is 308 g/mol. The van der Waals surface area contributed by atoms with Gasteiger partial charge in [-0.3, -0.25) is 0 Å². The third-order valence-corrected chi connectivity index (χ3v) is 4.52. The number of hydrogen-bond donors (Lipinski definition) is 0. The van der Waals surface area contributed by atoms with Crippen LogP contribution in [0.25, 0.3) is 0 Å². The van der Waals surface area contributed by atoms with Gasteiger partial charge in [-0.1, -0.05) is 19.3 Å². The Bertz CT molecular complexity index is 161. The molecule has 3 heteroatoms. The third-order valence-electron chi connectivity index (χ3n) is 3.56. The maximum absolute atomic E-state index is 2.67. The first-order valence-electron chi connectivity index (χ1n) is 5.97. The fourth-order valence-electron chi connectivity index (χ4n) is 2.64. The molecule has 1 saturated carbocycles. The summed E-state index contributed by atoms with van der Waals surface area (Å²) in [6, 6.07) is 0. The van der Waals surface area contributed by atoms with Crippen molar-refractivity contribution in [2.24, 2.45) is 5.92 Å². The summed E-state index contributed by atoms with van der Waals surface area (Å²) in [6.07, 6.45) is 7.43. The van der Waals surface area contributed by atoms with Gasteiger partial charge in [-0.15, -0.1) is 0 Å². The zero-order valence-electron chi connectivity index (χ0n) is 8.92. The van der Waals surface area contributed by atoms with Crippen LogP contribution >= 0.6 is 22.9 Å². The molecule has 0 unspecified atom stereocenters. The van der Waals surface area contributed by atoms with Crippen molar-refractivity contribution in [3.8, 4) is 0 Å². The van der Waals surface area contributed by atoms with E-state index in [1.165, 1.54) is 64.8 Å². The van der Waals surface area contributed by atoms with E-state index >= 15 is 0 Å². The molecule has 0 spiro atoms. The Morgan fingerprint density at radius 1 is 0.929 bits per heavy atom. The van der Waals surface area contributed by atoms with Crippen molar-refractivity contribution in [1.29, 1.82) is 0 Å². The molecule has 0 aromatic carbocycles. The summed E-state index contributed by atoms with van der Waals surface area (Å²) >= 11 is 2.44. The molecular weight excluding hydrogens is 287 g/mol. The Kier molecular flexibility index (Phi) is 4.50. The summed E-state index contributed by atoms with van der Waals surface area (Å²) in [5.41, 5.74) is 0. The predicted octanol–water partition coefficient (Wildman–Crippen LogP) is 2.53. The summed E-state index contributed by atoms with van der Waals surface area (Å²) < 4.78 is 2.41. The van der Waals surface area contributed by atoms with Gasteiger partial charge in [0.15, 0.2) is 0 Å². The molecule has 2 aliphatic rings. The van der Waals surface area contributed by atoms with Crippen molar-refractivity contribution in [1.82, 2.24) is 8.01 Å². The van der Waals surface area contributed by atoms with Gasteiger partial charge in [0.25, 0.3) is 0 Å². The summed E-state index contributed by atoms with van der Waals surface area (Å²) in [4.78, 5) is 2.67. The lowest BCUT2D eigenvalue weighted by atomic mass is 9.89. The molecule has 0 aromatic heterocycles. The van der Waals surface area contributed by atoms with Gasteiger partial charge in [-0.2, -0.15) is 0 Å². The molecule has 2 fully saturated rings. The maximum Gasteiger partial charge on any atom is 0.0209 e. The molecule has 2 rings (SSSR count). The Balaban J connectivity index is 1.68. The van der Waals surface area contributed by atoms with Crippen LogP contribution in [0.15, 0.2) is 0 Å². The van der Waals surface area contributed by atoms with Gasteiger partial charge in [0.05, 0.1) is 0 Å². The van der Waals surface area contributed by atoms with Crippen LogP contribution in [0.2, 0.25) is 0 Å². The molecular formula is C11H21IN2. The largest absolute Gasteiger partial charge is 0.300 e. The highest BCUT2D eigenvalue weighted by Crippen LogP contribution is 2.24. The molecule has 1 aliphatic heterocycles. The van der Waals surface area contributed by atoms with Crippen LogP contribution in [0, 0.1) is 5.92 Å². The van der Waals surface area contributed by atoms with E-state index in [1.54, 1.807) is 0 Å². The average Bonchev–Trinajstić information content (AvgIpc) is 2.23. The van der Waals surface area contributed by atoms with Crippen LogP contribution in [0.4, 0.5) is 0 Å². The first-order chi connectivity index (χ1) is 6.84. The SMILES string of the molecule is IN1CCN(CC2CCCCC2)CC1. The van der Waals surface area contributed by atoms with Crippen molar-refractivity contribution >= 4 is 22.9 Å². The Hall–Kier alpha value is 0.650. The van der Waals surface area contributed by atoms with Gasteiger partial charge in [0.2, 0.25) is 0 Å². The van der Waals surface area contributed by atoms with E-state index < -0.39 is 0 Å². The van der Waals surface area contributed by atoms with E-state index in [0.717, 1.165) is 5.92 Å². The number of hydrogen-bond acceptors (Lipinski definition) is 2. The minimum atomic E-state index is 1.02. The van der Waals surface area contributed by atoms with Crippen molar-refractivity contribution in [3.05, 3.63) is 0 Å². The summed E-state index contributed by atoms with van der Waals surface area (Å²) in [7, 11) is 0. The second kappa shape index (κ2) is 5.66. The third kappa shape index (κ3) is 3.35. The van der Waals surface area contributed by atoms with E-state index in [4.69, 9.17) is 0 Å². The smallest absolute Gasteiger partial charge is 0.0209 e. The van der Waals surface area contributed by atoms with Gasteiger partial charge in [0, 0.05) is 55.6 Å². The van der Waals surface area contributed by atoms with E-state index in [-0.39, 0.29) is 0 Å². The van der Waals surface area contributed by atoms with E-state index in [1.807, 2.05) is 0 Å². The molecule has 14 heavy (non-hydrogen) atoms. The van der Waals surface area contributed by atoms with Crippen LogP contribution in [-0.2, 0) is 0 Å². The predicted molar refractivity (Wildman–Crippen MR) is 68.6 cm³/mol. The van der Waals surface area contributed by atoms with E-state index in [0.29, 0.717) is 0 Å². The maximum atomic E-state index is 2.67. The van der Waals surface area contributed by atoms with Gasteiger partial charge in [-0.25, -0.2) is 3.11 Å². The summed E-state index contributed by atoms with van der Waals surface area (Å²) in [5, 5.41) is 0. The average molecular weight is 308 g/mol. The lowest BCUT2D eigenvalue weighted by Crippen LogP contribution is -2.44. The number of halogens is 1. The molecule has 0 atom stereocenters. The summed E-state index contributed by atoms with van der Waals surface area (Å²) in [5.74, 6) is 1.02. The quantitative estimate of drug-likeness (QED) is 0.571.